The van der Waals surface area contributed by atoms with Gasteiger partial charge in [0.2, 0.25) is 0 Å². The van der Waals surface area contributed by atoms with Gasteiger partial charge in [0.15, 0.2) is 0 Å². The van der Waals surface area contributed by atoms with E-state index in [1.54, 1.807) is 0 Å². The summed E-state index contributed by atoms with van der Waals surface area (Å²) in [6, 6.07) is 32.4. The summed E-state index contributed by atoms with van der Waals surface area (Å²) in [5, 5.41) is 2.54. The average Bonchev–Trinajstić information content (AvgIpc) is 2.84. The summed E-state index contributed by atoms with van der Waals surface area (Å²) in [4.78, 5) is 0. The van der Waals surface area contributed by atoms with E-state index in [4.69, 9.17) is 4.74 Å². The molecule has 0 saturated carbocycles. The lowest BCUT2D eigenvalue weighted by Crippen LogP contribution is -2.11. The minimum Gasteiger partial charge on any atom is -0.493 e. The van der Waals surface area contributed by atoms with Gasteiger partial charge < -0.3 is 4.74 Å². The van der Waals surface area contributed by atoms with Crippen molar-refractivity contribution >= 4 is 10.8 Å². The molecule has 1 heteroatoms. The Hall–Kier alpha value is -3.06. The highest BCUT2D eigenvalue weighted by atomic mass is 16.5. The third-order valence-corrected chi connectivity index (χ3v) is 6.16. The van der Waals surface area contributed by atoms with Gasteiger partial charge in [-0.15, -0.1) is 0 Å². The molecule has 1 unspecified atom stereocenters. The van der Waals surface area contributed by atoms with Gasteiger partial charge in [-0.25, -0.2) is 0 Å². The van der Waals surface area contributed by atoms with Crippen molar-refractivity contribution in [1.82, 2.24) is 0 Å². The molecule has 0 amide bonds. The molecule has 0 aromatic heterocycles. The number of unbranched alkanes of at least 4 members (excludes halogenated alkanes) is 1. The molecular formula is C30H32O. The van der Waals surface area contributed by atoms with Crippen molar-refractivity contribution in [3.63, 3.8) is 0 Å². The van der Waals surface area contributed by atoms with Gasteiger partial charge in [-0.1, -0.05) is 106 Å². The Morgan fingerprint density at radius 2 is 1.39 bits per heavy atom. The van der Waals surface area contributed by atoms with Crippen molar-refractivity contribution < 1.29 is 4.74 Å². The summed E-state index contributed by atoms with van der Waals surface area (Å²) in [7, 11) is 0. The van der Waals surface area contributed by atoms with Crippen molar-refractivity contribution in [3.8, 4) is 28.0 Å². The molecule has 31 heavy (non-hydrogen) atoms. The Morgan fingerprint density at radius 1 is 0.677 bits per heavy atom. The van der Waals surface area contributed by atoms with Crippen LogP contribution in [0.4, 0.5) is 0 Å². The van der Waals surface area contributed by atoms with Crippen LogP contribution in [-0.2, 0) is 0 Å². The lowest BCUT2D eigenvalue weighted by Gasteiger charge is -2.18. The summed E-state index contributed by atoms with van der Waals surface area (Å²) >= 11 is 0. The molecule has 4 aromatic rings. The predicted molar refractivity (Wildman–Crippen MR) is 134 cm³/mol. The Labute approximate surface area is 186 Å². The van der Waals surface area contributed by atoms with E-state index in [-0.39, 0.29) is 0 Å². The maximum absolute atomic E-state index is 6.40. The second-order valence-electron chi connectivity index (χ2n) is 8.37. The van der Waals surface area contributed by atoms with Gasteiger partial charge in [0.05, 0.1) is 6.61 Å². The molecule has 158 valence electrons. The molecule has 0 fully saturated rings. The summed E-state index contributed by atoms with van der Waals surface area (Å²) in [6.45, 7) is 5.31. The second kappa shape index (κ2) is 10.3. The number of rotatable bonds is 9. The first kappa shape index (κ1) is 21.2. The predicted octanol–water partition coefficient (Wildman–Crippen LogP) is 8.77. The number of hydrogen-bond acceptors (Lipinski definition) is 1. The van der Waals surface area contributed by atoms with Crippen LogP contribution in [0.1, 0.15) is 39.5 Å². The standard InChI is InChI=1S/C30H32O/c1-3-5-11-23(4-2)22-31-30-19-18-28(21-29(30)25-13-7-6-8-14-25)27-17-16-24-12-9-10-15-26(24)20-27/h6-10,12-21,23H,3-5,11,22H2,1-2H3. The van der Waals surface area contributed by atoms with E-state index in [9.17, 15) is 0 Å². The second-order valence-corrected chi connectivity index (χ2v) is 8.37. The largest absolute Gasteiger partial charge is 0.493 e. The monoisotopic (exact) mass is 408 g/mol. The molecule has 0 N–H and O–H groups in total. The minimum atomic E-state index is 0.615. The minimum absolute atomic E-state index is 0.615. The molecule has 4 rings (SSSR count). The van der Waals surface area contributed by atoms with E-state index < -0.39 is 0 Å². The molecule has 0 heterocycles. The van der Waals surface area contributed by atoms with E-state index in [0.717, 1.165) is 24.3 Å². The highest BCUT2D eigenvalue weighted by Gasteiger charge is 2.12. The van der Waals surface area contributed by atoms with Crippen molar-refractivity contribution in [1.29, 1.82) is 0 Å². The van der Waals surface area contributed by atoms with Gasteiger partial charge in [-0.2, -0.15) is 0 Å². The molecule has 0 radical (unpaired) electrons. The molecule has 0 aliphatic heterocycles. The van der Waals surface area contributed by atoms with Crippen LogP contribution in [0, 0.1) is 5.92 Å². The third-order valence-electron chi connectivity index (χ3n) is 6.16. The SMILES string of the molecule is CCCCC(CC)COc1ccc(-c2ccc3ccccc3c2)cc1-c1ccccc1. The van der Waals surface area contributed by atoms with Crippen molar-refractivity contribution in [3.05, 3.63) is 91.0 Å². The average molecular weight is 409 g/mol. The lowest BCUT2D eigenvalue weighted by atomic mass is 9.96. The molecule has 0 aliphatic rings. The Morgan fingerprint density at radius 3 is 2.16 bits per heavy atom. The topological polar surface area (TPSA) is 9.23 Å². The Balaban J connectivity index is 1.67. The zero-order valence-electron chi connectivity index (χ0n) is 18.7. The molecule has 0 spiro atoms. The molecular weight excluding hydrogens is 376 g/mol. The maximum Gasteiger partial charge on any atom is 0.127 e. The first-order valence-corrected chi connectivity index (χ1v) is 11.6. The van der Waals surface area contributed by atoms with Crippen LogP contribution in [0.3, 0.4) is 0 Å². The fraction of sp³-hybridized carbons (Fsp3) is 0.267. The van der Waals surface area contributed by atoms with E-state index in [1.165, 1.54) is 46.7 Å². The van der Waals surface area contributed by atoms with Crippen LogP contribution >= 0.6 is 0 Å². The molecule has 0 bridgehead atoms. The van der Waals surface area contributed by atoms with Gasteiger partial charge in [-0.3, -0.25) is 0 Å². The van der Waals surface area contributed by atoms with Crippen LogP contribution in [0.2, 0.25) is 0 Å². The van der Waals surface area contributed by atoms with Crippen LogP contribution in [0.25, 0.3) is 33.0 Å². The van der Waals surface area contributed by atoms with Gasteiger partial charge in [0, 0.05) is 5.56 Å². The van der Waals surface area contributed by atoms with Gasteiger partial charge in [0.25, 0.3) is 0 Å². The van der Waals surface area contributed by atoms with Crippen molar-refractivity contribution in [2.24, 2.45) is 5.92 Å². The molecule has 0 aliphatic carbocycles. The van der Waals surface area contributed by atoms with Crippen LogP contribution < -0.4 is 4.74 Å². The smallest absolute Gasteiger partial charge is 0.127 e. The summed E-state index contributed by atoms with van der Waals surface area (Å²) in [6.07, 6.45) is 4.92. The van der Waals surface area contributed by atoms with E-state index in [1.807, 2.05) is 0 Å². The maximum atomic E-state index is 6.40. The first-order chi connectivity index (χ1) is 15.3. The number of ether oxygens (including phenoxy) is 1. The summed E-state index contributed by atoms with van der Waals surface area (Å²) < 4.78 is 6.40. The van der Waals surface area contributed by atoms with Gasteiger partial charge in [-0.05, 0) is 58.0 Å². The van der Waals surface area contributed by atoms with Crippen LogP contribution in [0.15, 0.2) is 91.0 Å². The quantitative estimate of drug-likeness (QED) is 0.269. The van der Waals surface area contributed by atoms with Crippen molar-refractivity contribution in [2.75, 3.05) is 6.61 Å². The van der Waals surface area contributed by atoms with Gasteiger partial charge in [0.1, 0.15) is 5.75 Å². The molecule has 1 nitrogen and oxygen atoms in total. The summed E-state index contributed by atoms with van der Waals surface area (Å²) in [5.74, 6) is 1.59. The number of benzene rings is 4. The van der Waals surface area contributed by atoms with Gasteiger partial charge >= 0.3 is 0 Å². The number of fused-ring (bicyclic) bond motifs is 1. The zero-order valence-corrected chi connectivity index (χ0v) is 18.7. The summed E-state index contributed by atoms with van der Waals surface area (Å²) in [5.41, 5.74) is 4.81. The van der Waals surface area contributed by atoms with Crippen LogP contribution in [0.5, 0.6) is 5.75 Å². The van der Waals surface area contributed by atoms with Crippen LogP contribution in [-0.4, -0.2) is 6.61 Å². The molecule has 0 saturated heterocycles. The molecule has 4 aromatic carbocycles. The Bertz CT molecular complexity index is 1110. The van der Waals surface area contributed by atoms with Crippen molar-refractivity contribution in [2.45, 2.75) is 39.5 Å². The zero-order chi connectivity index (χ0) is 21.5. The number of hydrogen-bond donors (Lipinski definition) is 0. The Kier molecular flexibility index (Phi) is 7.04. The molecule has 1 atom stereocenters. The third kappa shape index (κ3) is 5.17. The lowest BCUT2D eigenvalue weighted by molar-refractivity contribution is 0.234. The highest BCUT2D eigenvalue weighted by Crippen LogP contribution is 2.35. The van der Waals surface area contributed by atoms with E-state index >= 15 is 0 Å². The fourth-order valence-electron chi connectivity index (χ4n) is 4.15. The highest BCUT2D eigenvalue weighted by molar-refractivity contribution is 5.88. The normalized spacial score (nSPS) is 12.1. The van der Waals surface area contributed by atoms with E-state index in [2.05, 4.69) is 105 Å². The van der Waals surface area contributed by atoms with E-state index in [0.29, 0.717) is 5.92 Å². The first-order valence-electron chi connectivity index (χ1n) is 11.6. The fourth-order valence-corrected chi connectivity index (χ4v) is 4.15.